The van der Waals surface area contributed by atoms with Crippen LogP contribution in [-0.2, 0) is 39.8 Å². The molecule has 2 amide bonds. The van der Waals surface area contributed by atoms with Gasteiger partial charge in [0.2, 0.25) is 5.91 Å². The molecule has 1 unspecified atom stereocenters. The Morgan fingerprint density at radius 2 is 1.68 bits per heavy atom. The number of thiophene rings is 1. The van der Waals surface area contributed by atoms with Gasteiger partial charge in [-0.05, 0) is 22.6 Å². The minimum Gasteiger partial charge on any atom is -0.461 e. The van der Waals surface area contributed by atoms with Crippen LogP contribution in [0.25, 0.3) is 0 Å². The monoisotopic (exact) mass is 592 g/mol. The average Bonchev–Trinajstić information content (AvgIpc) is 3.50. The quantitative estimate of drug-likeness (QED) is 0.215. The number of hydrogen-bond acceptors (Lipinski definition) is 9. The van der Waals surface area contributed by atoms with Crippen molar-refractivity contribution in [2.45, 2.75) is 30.5 Å². The summed E-state index contributed by atoms with van der Waals surface area (Å²) in [7, 11) is 1.35. The molecule has 0 saturated carbocycles. The molecule has 5 rings (SSSR count). The Hall–Kier alpha value is -3.93. The van der Waals surface area contributed by atoms with E-state index in [2.05, 4.69) is 5.32 Å². The van der Waals surface area contributed by atoms with Crippen molar-refractivity contribution in [1.29, 1.82) is 0 Å². The van der Waals surface area contributed by atoms with Crippen molar-refractivity contribution in [3.05, 3.63) is 105 Å². The zero-order valence-corrected chi connectivity index (χ0v) is 24.0. The smallest absolute Gasteiger partial charge is 0.356 e. The summed E-state index contributed by atoms with van der Waals surface area (Å²) in [5.41, 5.74) is 0.248. The second-order valence-electron chi connectivity index (χ2n) is 9.42. The van der Waals surface area contributed by atoms with E-state index in [1.165, 1.54) is 42.0 Å². The number of esters is 2. The number of fused-ring (bicyclic) bond motifs is 1. The number of amides is 2. The van der Waals surface area contributed by atoms with Crippen molar-refractivity contribution in [2.75, 3.05) is 19.5 Å². The van der Waals surface area contributed by atoms with Gasteiger partial charge in [-0.3, -0.25) is 19.3 Å². The molecule has 2 atom stereocenters. The third-order valence-corrected chi connectivity index (χ3v) is 8.99. The van der Waals surface area contributed by atoms with Crippen LogP contribution in [0.3, 0.4) is 0 Å². The zero-order valence-electron chi connectivity index (χ0n) is 22.4. The summed E-state index contributed by atoms with van der Waals surface area (Å²) in [6.07, 6.45) is -0.666. The molecular formula is C30H28N2O7S2. The van der Waals surface area contributed by atoms with E-state index in [4.69, 9.17) is 14.2 Å². The van der Waals surface area contributed by atoms with Gasteiger partial charge in [0, 0.05) is 30.2 Å². The number of rotatable bonds is 10. The molecular weight excluding hydrogens is 564 g/mol. The van der Waals surface area contributed by atoms with Gasteiger partial charge >= 0.3 is 11.9 Å². The summed E-state index contributed by atoms with van der Waals surface area (Å²) in [6, 6.07) is 22.2. The van der Waals surface area contributed by atoms with Gasteiger partial charge in [-0.15, -0.1) is 23.1 Å². The SMILES string of the molecule is COC1(NC(=O)Cc2cccs2)C(=O)N2C(C(=O)OC(c3ccccc3)c3ccccc3)=C(COC(C)=O)CS[C@H]21. The second kappa shape index (κ2) is 12.3. The van der Waals surface area contributed by atoms with Crippen LogP contribution >= 0.6 is 23.1 Å². The molecule has 9 nitrogen and oxygen atoms in total. The molecule has 2 aliphatic rings. The summed E-state index contributed by atoms with van der Waals surface area (Å²) in [5, 5.41) is 3.89. The Morgan fingerprint density at radius 3 is 2.24 bits per heavy atom. The molecule has 2 aromatic carbocycles. The zero-order chi connectivity index (χ0) is 29.0. The number of β-lactam (4-membered cyclic amide) rings is 1. The summed E-state index contributed by atoms with van der Waals surface area (Å²) in [4.78, 5) is 54.3. The first-order valence-electron chi connectivity index (χ1n) is 12.8. The summed E-state index contributed by atoms with van der Waals surface area (Å²) in [6.45, 7) is 1.08. The maximum absolute atomic E-state index is 13.9. The number of hydrogen-bond donors (Lipinski definition) is 1. The number of carbonyl (C=O) groups is 4. The van der Waals surface area contributed by atoms with Crippen LogP contribution in [0.5, 0.6) is 0 Å². The first-order chi connectivity index (χ1) is 19.8. The third kappa shape index (κ3) is 5.79. The van der Waals surface area contributed by atoms with E-state index in [0.29, 0.717) is 5.57 Å². The standard InChI is InChI=1S/C30H28N2O7S2/c1-19(33)38-17-22-18-41-29-30(37-2,31-24(34)16-23-14-9-15-40-23)28(36)32(29)25(22)27(35)39-26(20-10-5-3-6-11-20)21-12-7-4-8-13-21/h3-15,26,29H,16-18H2,1-2H3,(H,31,34)/t29-,30?/m0/s1. The molecule has 1 aromatic heterocycles. The van der Waals surface area contributed by atoms with Crippen molar-refractivity contribution in [2.24, 2.45) is 0 Å². The number of ether oxygens (including phenoxy) is 3. The fourth-order valence-electron chi connectivity index (χ4n) is 4.80. The van der Waals surface area contributed by atoms with Crippen molar-refractivity contribution >= 4 is 46.9 Å². The largest absolute Gasteiger partial charge is 0.461 e. The number of nitrogens with zero attached hydrogens (tertiary/aromatic N) is 1. The average molecular weight is 593 g/mol. The van der Waals surface area contributed by atoms with Crippen LogP contribution < -0.4 is 5.32 Å². The van der Waals surface area contributed by atoms with Crippen molar-refractivity contribution in [3.8, 4) is 0 Å². The molecule has 2 aliphatic heterocycles. The molecule has 1 saturated heterocycles. The molecule has 1 N–H and O–H groups in total. The molecule has 0 radical (unpaired) electrons. The lowest BCUT2D eigenvalue weighted by Gasteiger charge is -2.56. The van der Waals surface area contributed by atoms with Crippen LogP contribution in [0.15, 0.2) is 89.4 Å². The lowest BCUT2D eigenvalue weighted by Crippen LogP contribution is -2.80. The molecule has 0 spiro atoms. The van der Waals surface area contributed by atoms with E-state index in [1.54, 1.807) is 0 Å². The highest BCUT2D eigenvalue weighted by molar-refractivity contribution is 8.00. The predicted molar refractivity (Wildman–Crippen MR) is 153 cm³/mol. The van der Waals surface area contributed by atoms with Gasteiger partial charge in [-0.25, -0.2) is 4.79 Å². The maximum Gasteiger partial charge on any atom is 0.356 e. The van der Waals surface area contributed by atoms with E-state index in [-0.39, 0.29) is 30.4 Å². The van der Waals surface area contributed by atoms with E-state index in [9.17, 15) is 19.2 Å². The van der Waals surface area contributed by atoms with Crippen LogP contribution in [0.4, 0.5) is 0 Å². The maximum atomic E-state index is 13.9. The van der Waals surface area contributed by atoms with Crippen LogP contribution in [0, 0.1) is 0 Å². The molecule has 0 bridgehead atoms. The second-order valence-corrected chi connectivity index (χ2v) is 11.5. The predicted octanol–water partition coefficient (Wildman–Crippen LogP) is 3.81. The third-order valence-electron chi connectivity index (χ3n) is 6.74. The number of carbonyl (C=O) groups excluding carboxylic acids is 4. The number of nitrogens with one attached hydrogen (secondary N) is 1. The Bertz CT molecular complexity index is 1420. The fraction of sp³-hybridized carbons (Fsp3) is 0.267. The van der Waals surface area contributed by atoms with Crippen LogP contribution in [0.2, 0.25) is 0 Å². The van der Waals surface area contributed by atoms with Gasteiger partial charge in [0.1, 0.15) is 17.7 Å². The number of benzene rings is 2. The number of thioether (sulfide) groups is 1. The van der Waals surface area contributed by atoms with Gasteiger partial charge in [0.05, 0.1) is 6.42 Å². The van der Waals surface area contributed by atoms with Gasteiger partial charge in [0.25, 0.3) is 11.6 Å². The van der Waals surface area contributed by atoms with Crippen molar-refractivity contribution in [3.63, 3.8) is 0 Å². The Labute approximate surface area is 245 Å². The molecule has 212 valence electrons. The van der Waals surface area contributed by atoms with Gasteiger partial charge in [-0.2, -0.15) is 0 Å². The highest BCUT2D eigenvalue weighted by atomic mass is 32.2. The van der Waals surface area contributed by atoms with Gasteiger partial charge in [-0.1, -0.05) is 66.7 Å². The fourth-order valence-corrected chi connectivity index (χ4v) is 6.92. The Balaban J connectivity index is 1.45. The molecule has 3 aromatic rings. The van der Waals surface area contributed by atoms with E-state index >= 15 is 0 Å². The minimum atomic E-state index is -1.66. The molecule has 0 aliphatic carbocycles. The van der Waals surface area contributed by atoms with Crippen molar-refractivity contribution < 1.29 is 33.4 Å². The lowest BCUT2D eigenvalue weighted by atomic mass is 9.97. The van der Waals surface area contributed by atoms with Crippen molar-refractivity contribution in [1.82, 2.24) is 10.2 Å². The number of methoxy groups -OCH3 is 1. The van der Waals surface area contributed by atoms with E-state index in [0.717, 1.165) is 16.0 Å². The highest BCUT2D eigenvalue weighted by Crippen LogP contribution is 2.47. The van der Waals surface area contributed by atoms with Gasteiger partial charge < -0.3 is 19.5 Å². The Morgan fingerprint density at radius 1 is 1.02 bits per heavy atom. The minimum absolute atomic E-state index is 0.0166. The van der Waals surface area contributed by atoms with Crippen LogP contribution in [-0.4, -0.2) is 59.2 Å². The summed E-state index contributed by atoms with van der Waals surface area (Å²) in [5.74, 6) is -2.02. The normalized spacial score (nSPS) is 19.8. The highest BCUT2D eigenvalue weighted by Gasteiger charge is 2.66. The first-order valence-corrected chi connectivity index (χ1v) is 14.8. The summed E-state index contributed by atoms with van der Waals surface area (Å²) < 4.78 is 16.9. The van der Waals surface area contributed by atoms with Crippen LogP contribution in [0.1, 0.15) is 29.0 Å². The van der Waals surface area contributed by atoms with Gasteiger partial charge in [0.15, 0.2) is 6.10 Å². The summed E-state index contributed by atoms with van der Waals surface area (Å²) >= 11 is 2.74. The first kappa shape index (κ1) is 28.6. The Kier molecular flexibility index (Phi) is 8.57. The molecule has 1 fully saturated rings. The molecule has 41 heavy (non-hydrogen) atoms. The van der Waals surface area contributed by atoms with E-state index < -0.39 is 35.0 Å². The lowest BCUT2D eigenvalue weighted by molar-refractivity contribution is -0.193. The van der Waals surface area contributed by atoms with E-state index in [1.807, 2.05) is 78.2 Å². The topological polar surface area (TPSA) is 111 Å². The molecule has 11 heteroatoms. The molecule has 3 heterocycles.